The third-order valence-electron chi connectivity index (χ3n) is 2.74. The molecule has 1 unspecified atom stereocenters. The number of benzene rings is 2. The van der Waals surface area contributed by atoms with Crippen LogP contribution < -0.4 is 0 Å². The Morgan fingerprint density at radius 1 is 1.11 bits per heavy atom. The van der Waals surface area contributed by atoms with E-state index < -0.39 is 11.9 Å². The summed E-state index contributed by atoms with van der Waals surface area (Å²) in [6, 6.07) is 9.72. The Balaban J connectivity index is 2.17. The van der Waals surface area contributed by atoms with Crippen molar-refractivity contribution in [1.82, 2.24) is 0 Å². The Kier molecular flexibility index (Phi) is 4.85. The molecule has 2 aromatic carbocycles. The maximum absolute atomic E-state index is 13.3. The van der Waals surface area contributed by atoms with Gasteiger partial charge in [0.1, 0.15) is 5.82 Å². The molecule has 0 aliphatic rings. The molecule has 0 radical (unpaired) electrons. The molecule has 2 rings (SSSR count). The summed E-state index contributed by atoms with van der Waals surface area (Å²) >= 11 is 14.9. The van der Waals surface area contributed by atoms with Crippen molar-refractivity contribution in [3.8, 4) is 0 Å². The van der Waals surface area contributed by atoms with Crippen molar-refractivity contribution in [3.05, 3.63) is 67.9 Å². The maximum Gasteiger partial charge on any atom is 0.142 e. The summed E-state index contributed by atoms with van der Waals surface area (Å²) in [5.74, 6) is -0.486. The molecular formula is C14H10BrCl2FO. The highest BCUT2D eigenvalue weighted by molar-refractivity contribution is 9.10. The van der Waals surface area contributed by atoms with Gasteiger partial charge >= 0.3 is 0 Å². The molecule has 1 N–H and O–H groups in total. The summed E-state index contributed by atoms with van der Waals surface area (Å²) in [5, 5.41) is 10.7. The highest BCUT2D eigenvalue weighted by Crippen LogP contribution is 2.28. The number of rotatable bonds is 3. The van der Waals surface area contributed by atoms with Gasteiger partial charge in [0.25, 0.3) is 0 Å². The Labute approximate surface area is 129 Å². The first kappa shape index (κ1) is 14.8. The lowest BCUT2D eigenvalue weighted by Crippen LogP contribution is -2.02. The van der Waals surface area contributed by atoms with Crippen molar-refractivity contribution in [2.45, 2.75) is 12.5 Å². The minimum absolute atomic E-state index is 0.0740. The molecule has 0 heterocycles. The largest absolute Gasteiger partial charge is 0.388 e. The number of hydrogen-bond acceptors (Lipinski definition) is 1. The minimum Gasteiger partial charge on any atom is -0.388 e. The minimum atomic E-state index is -0.744. The Bertz CT molecular complexity index is 604. The van der Waals surface area contributed by atoms with Crippen LogP contribution in [0.1, 0.15) is 17.2 Å². The number of halogens is 4. The van der Waals surface area contributed by atoms with E-state index in [2.05, 4.69) is 15.9 Å². The summed E-state index contributed by atoms with van der Waals surface area (Å²) in [7, 11) is 0. The number of aliphatic hydroxyl groups excluding tert-OH is 1. The first-order chi connectivity index (χ1) is 8.97. The van der Waals surface area contributed by atoms with E-state index in [0.717, 1.165) is 4.47 Å². The van der Waals surface area contributed by atoms with Gasteiger partial charge in [0, 0.05) is 10.9 Å². The Morgan fingerprint density at radius 3 is 2.47 bits per heavy atom. The van der Waals surface area contributed by atoms with E-state index in [1.807, 2.05) is 0 Å². The van der Waals surface area contributed by atoms with E-state index in [1.54, 1.807) is 24.3 Å². The first-order valence-corrected chi connectivity index (χ1v) is 7.09. The fourth-order valence-electron chi connectivity index (χ4n) is 1.73. The molecule has 1 atom stereocenters. The van der Waals surface area contributed by atoms with Gasteiger partial charge in [0.15, 0.2) is 0 Å². The first-order valence-electron chi connectivity index (χ1n) is 5.54. The third kappa shape index (κ3) is 3.69. The van der Waals surface area contributed by atoms with E-state index in [-0.39, 0.29) is 5.02 Å². The molecule has 2 aromatic rings. The summed E-state index contributed by atoms with van der Waals surface area (Å²) in [6.07, 6.45) is -0.447. The second kappa shape index (κ2) is 6.23. The predicted octanol–water partition coefficient (Wildman–Crippen LogP) is 5.17. The summed E-state index contributed by atoms with van der Waals surface area (Å²) in [4.78, 5) is 0. The van der Waals surface area contributed by atoms with Gasteiger partial charge in [-0.05, 0) is 51.3 Å². The second-order valence-corrected chi connectivity index (χ2v) is 5.81. The summed E-state index contributed by atoms with van der Waals surface area (Å²) < 4.78 is 14.1. The van der Waals surface area contributed by atoms with Crippen molar-refractivity contribution in [2.75, 3.05) is 0 Å². The molecule has 0 saturated heterocycles. The van der Waals surface area contributed by atoms with Gasteiger partial charge in [0.2, 0.25) is 0 Å². The van der Waals surface area contributed by atoms with E-state index >= 15 is 0 Å². The van der Waals surface area contributed by atoms with Crippen LogP contribution in [0, 0.1) is 5.82 Å². The van der Waals surface area contributed by atoms with Crippen molar-refractivity contribution >= 4 is 39.1 Å². The lowest BCUT2D eigenvalue weighted by Gasteiger charge is -2.12. The van der Waals surface area contributed by atoms with Crippen LogP contribution in [0.4, 0.5) is 4.39 Å². The molecule has 0 fully saturated rings. The Hall–Kier alpha value is -0.610. The highest BCUT2D eigenvalue weighted by Gasteiger charge is 2.11. The standard InChI is InChI=1S/C14H10BrCl2FO/c15-10-3-2-9(7-12(10)17)14(19)6-8-1-4-11(16)13(18)5-8/h1-5,7,14,19H,6H2. The number of aliphatic hydroxyl groups is 1. The molecule has 0 spiro atoms. The van der Waals surface area contributed by atoms with Crippen LogP contribution in [0.15, 0.2) is 40.9 Å². The van der Waals surface area contributed by atoms with Crippen LogP contribution >= 0.6 is 39.1 Å². The second-order valence-electron chi connectivity index (χ2n) is 4.14. The molecule has 5 heteroatoms. The summed E-state index contributed by atoms with van der Waals surface area (Å²) in [6.45, 7) is 0. The van der Waals surface area contributed by atoms with Gasteiger partial charge in [-0.25, -0.2) is 4.39 Å². The topological polar surface area (TPSA) is 20.2 Å². The SMILES string of the molecule is OC(Cc1ccc(Cl)c(F)c1)c1ccc(Br)c(Cl)c1. The molecule has 0 bridgehead atoms. The molecule has 100 valence electrons. The number of hydrogen-bond donors (Lipinski definition) is 1. The van der Waals surface area contributed by atoms with Crippen LogP contribution in [0.3, 0.4) is 0 Å². The highest BCUT2D eigenvalue weighted by atomic mass is 79.9. The zero-order valence-electron chi connectivity index (χ0n) is 9.71. The Morgan fingerprint density at radius 2 is 1.84 bits per heavy atom. The van der Waals surface area contributed by atoms with Crippen molar-refractivity contribution in [3.63, 3.8) is 0 Å². The van der Waals surface area contributed by atoms with Gasteiger partial charge in [-0.2, -0.15) is 0 Å². The van der Waals surface area contributed by atoms with E-state index in [0.29, 0.717) is 22.6 Å². The van der Waals surface area contributed by atoms with E-state index in [1.165, 1.54) is 12.1 Å². The van der Waals surface area contributed by atoms with Gasteiger partial charge in [-0.15, -0.1) is 0 Å². The summed E-state index contributed by atoms with van der Waals surface area (Å²) in [5.41, 5.74) is 1.36. The van der Waals surface area contributed by atoms with Crippen LogP contribution in [-0.4, -0.2) is 5.11 Å². The molecule has 0 aliphatic heterocycles. The van der Waals surface area contributed by atoms with Crippen LogP contribution in [0.5, 0.6) is 0 Å². The molecule has 0 amide bonds. The molecule has 0 saturated carbocycles. The lowest BCUT2D eigenvalue weighted by atomic mass is 10.0. The molecule has 0 aromatic heterocycles. The third-order valence-corrected chi connectivity index (χ3v) is 4.28. The van der Waals surface area contributed by atoms with Gasteiger partial charge < -0.3 is 5.11 Å². The van der Waals surface area contributed by atoms with Gasteiger partial charge in [-0.1, -0.05) is 35.3 Å². The average molecular weight is 364 g/mol. The zero-order valence-corrected chi connectivity index (χ0v) is 12.8. The fraction of sp³-hybridized carbons (Fsp3) is 0.143. The van der Waals surface area contributed by atoms with Crippen molar-refractivity contribution in [2.24, 2.45) is 0 Å². The van der Waals surface area contributed by atoms with E-state index in [4.69, 9.17) is 23.2 Å². The molecule has 1 nitrogen and oxygen atoms in total. The van der Waals surface area contributed by atoms with Gasteiger partial charge in [-0.3, -0.25) is 0 Å². The van der Waals surface area contributed by atoms with Crippen LogP contribution in [0.25, 0.3) is 0 Å². The van der Waals surface area contributed by atoms with Gasteiger partial charge in [0.05, 0.1) is 16.1 Å². The van der Waals surface area contributed by atoms with Crippen molar-refractivity contribution in [1.29, 1.82) is 0 Å². The normalized spacial score (nSPS) is 12.5. The monoisotopic (exact) mass is 362 g/mol. The smallest absolute Gasteiger partial charge is 0.142 e. The van der Waals surface area contributed by atoms with Crippen LogP contribution in [0.2, 0.25) is 10.0 Å². The maximum atomic E-state index is 13.3. The lowest BCUT2D eigenvalue weighted by molar-refractivity contribution is 0.178. The quantitative estimate of drug-likeness (QED) is 0.797. The molecule has 0 aliphatic carbocycles. The fourth-order valence-corrected chi connectivity index (χ4v) is 2.28. The average Bonchev–Trinajstić information content (AvgIpc) is 2.37. The molecular weight excluding hydrogens is 354 g/mol. The molecule has 19 heavy (non-hydrogen) atoms. The van der Waals surface area contributed by atoms with Crippen LogP contribution in [-0.2, 0) is 6.42 Å². The predicted molar refractivity (Wildman–Crippen MR) is 79.2 cm³/mol. The zero-order chi connectivity index (χ0) is 14.0. The van der Waals surface area contributed by atoms with E-state index in [9.17, 15) is 9.50 Å². The van der Waals surface area contributed by atoms with Crippen molar-refractivity contribution < 1.29 is 9.50 Å².